The molecule has 0 bridgehead atoms. The van der Waals surface area contributed by atoms with Crippen molar-refractivity contribution in [3.8, 4) is 0 Å². The van der Waals surface area contributed by atoms with Gasteiger partial charge in [0.25, 0.3) is 0 Å². The summed E-state index contributed by atoms with van der Waals surface area (Å²) in [6.07, 6.45) is 4.04. The first-order chi connectivity index (χ1) is 8.29. The molecular formula is C13H19N3O. The molecule has 0 unspecified atom stereocenters. The molecule has 0 spiro atoms. The Labute approximate surface area is 102 Å². The Morgan fingerprint density at radius 1 is 1.47 bits per heavy atom. The number of aryl methyl sites for hydroxylation is 2. The first-order valence-electron chi connectivity index (χ1n) is 6.10. The smallest absolute Gasteiger partial charge is 0.148 e. The van der Waals surface area contributed by atoms with Gasteiger partial charge in [0.15, 0.2) is 0 Å². The molecule has 2 aromatic heterocycles. The van der Waals surface area contributed by atoms with Crippen LogP contribution in [0.1, 0.15) is 31.2 Å². The van der Waals surface area contributed by atoms with E-state index >= 15 is 0 Å². The summed E-state index contributed by atoms with van der Waals surface area (Å²) in [6, 6.07) is 5.91. The van der Waals surface area contributed by atoms with E-state index in [1.807, 2.05) is 16.8 Å². The maximum atomic E-state index is 5.26. The van der Waals surface area contributed by atoms with Crippen molar-refractivity contribution in [1.29, 1.82) is 0 Å². The summed E-state index contributed by atoms with van der Waals surface area (Å²) in [5.74, 6) is 1.83. The van der Waals surface area contributed by atoms with Gasteiger partial charge in [-0.05, 0) is 25.5 Å². The number of nitrogens with zero attached hydrogens (tertiary/aromatic N) is 2. The Morgan fingerprint density at radius 3 is 3.06 bits per heavy atom. The fraction of sp³-hybridized carbons (Fsp3) is 0.462. The summed E-state index contributed by atoms with van der Waals surface area (Å²) < 4.78 is 7.31. The Morgan fingerprint density at radius 2 is 2.35 bits per heavy atom. The van der Waals surface area contributed by atoms with E-state index in [9.17, 15) is 0 Å². The zero-order chi connectivity index (χ0) is 12.1. The largest absolute Gasteiger partial charge is 0.467 e. The lowest BCUT2D eigenvalue weighted by atomic mass is 10.3. The van der Waals surface area contributed by atoms with Crippen LogP contribution in [-0.4, -0.2) is 9.78 Å². The van der Waals surface area contributed by atoms with Crippen LogP contribution < -0.4 is 5.32 Å². The van der Waals surface area contributed by atoms with Gasteiger partial charge >= 0.3 is 0 Å². The topological polar surface area (TPSA) is 43.0 Å². The average molecular weight is 233 g/mol. The van der Waals surface area contributed by atoms with E-state index < -0.39 is 0 Å². The van der Waals surface area contributed by atoms with Crippen molar-refractivity contribution in [3.63, 3.8) is 0 Å². The third-order valence-electron chi connectivity index (χ3n) is 2.73. The van der Waals surface area contributed by atoms with Crippen molar-refractivity contribution in [2.24, 2.45) is 0 Å². The molecule has 4 heteroatoms. The van der Waals surface area contributed by atoms with E-state index in [4.69, 9.17) is 4.42 Å². The molecule has 17 heavy (non-hydrogen) atoms. The highest BCUT2D eigenvalue weighted by atomic mass is 16.3. The van der Waals surface area contributed by atoms with Gasteiger partial charge in [-0.1, -0.05) is 13.3 Å². The lowest BCUT2D eigenvalue weighted by molar-refractivity contribution is 0.517. The van der Waals surface area contributed by atoms with Gasteiger partial charge in [-0.2, -0.15) is 5.10 Å². The predicted molar refractivity (Wildman–Crippen MR) is 67.9 cm³/mol. The van der Waals surface area contributed by atoms with Crippen LogP contribution in [0.4, 0.5) is 5.82 Å². The quantitative estimate of drug-likeness (QED) is 0.833. The molecule has 0 aliphatic carbocycles. The molecule has 0 aromatic carbocycles. The second kappa shape index (κ2) is 5.57. The molecule has 0 aliphatic rings. The normalized spacial score (nSPS) is 10.7. The highest BCUT2D eigenvalue weighted by Crippen LogP contribution is 2.11. The number of unbranched alkanes of at least 4 members (excludes halogenated alkanes) is 1. The Kier molecular flexibility index (Phi) is 3.85. The average Bonchev–Trinajstić information content (AvgIpc) is 2.93. The standard InChI is InChI=1S/C13H19N3O/c1-3-4-7-16-11(2)9-13(15-16)14-10-12-6-5-8-17-12/h5-6,8-9H,3-4,7,10H2,1-2H3,(H,14,15). The molecular weight excluding hydrogens is 214 g/mol. The zero-order valence-corrected chi connectivity index (χ0v) is 10.4. The summed E-state index contributed by atoms with van der Waals surface area (Å²) in [5.41, 5.74) is 1.19. The number of rotatable bonds is 6. The summed E-state index contributed by atoms with van der Waals surface area (Å²) in [6.45, 7) is 5.94. The summed E-state index contributed by atoms with van der Waals surface area (Å²) >= 11 is 0. The minimum Gasteiger partial charge on any atom is -0.467 e. The number of aromatic nitrogens is 2. The number of anilines is 1. The SMILES string of the molecule is CCCCn1nc(NCc2ccco2)cc1C. The van der Waals surface area contributed by atoms with Crippen molar-refractivity contribution in [3.05, 3.63) is 35.9 Å². The first-order valence-corrected chi connectivity index (χ1v) is 6.10. The van der Waals surface area contributed by atoms with Gasteiger partial charge in [0.05, 0.1) is 12.8 Å². The minimum atomic E-state index is 0.678. The first kappa shape index (κ1) is 11.8. The monoisotopic (exact) mass is 233 g/mol. The second-order valence-electron chi connectivity index (χ2n) is 4.18. The number of hydrogen-bond donors (Lipinski definition) is 1. The predicted octanol–water partition coefficient (Wildman–Crippen LogP) is 3.20. The van der Waals surface area contributed by atoms with Crippen molar-refractivity contribution in [2.45, 2.75) is 39.8 Å². The molecule has 0 aliphatic heterocycles. The van der Waals surface area contributed by atoms with Gasteiger partial charge in [0.1, 0.15) is 11.6 Å². The van der Waals surface area contributed by atoms with Crippen LogP contribution in [0, 0.1) is 6.92 Å². The Hall–Kier alpha value is -1.71. The minimum absolute atomic E-state index is 0.678. The van der Waals surface area contributed by atoms with E-state index in [1.165, 1.54) is 18.5 Å². The van der Waals surface area contributed by atoms with Crippen LogP contribution in [-0.2, 0) is 13.1 Å². The van der Waals surface area contributed by atoms with Crippen LogP contribution in [0.2, 0.25) is 0 Å². The summed E-state index contributed by atoms with van der Waals surface area (Å²) in [4.78, 5) is 0. The molecule has 0 fully saturated rings. The third-order valence-corrected chi connectivity index (χ3v) is 2.73. The molecule has 0 saturated carbocycles. The second-order valence-corrected chi connectivity index (χ2v) is 4.18. The fourth-order valence-electron chi connectivity index (χ4n) is 1.72. The van der Waals surface area contributed by atoms with Crippen LogP contribution in [0.5, 0.6) is 0 Å². The lowest BCUT2D eigenvalue weighted by Crippen LogP contribution is -2.03. The molecule has 0 radical (unpaired) electrons. The number of nitrogens with one attached hydrogen (secondary N) is 1. The molecule has 1 N–H and O–H groups in total. The molecule has 0 amide bonds. The molecule has 2 heterocycles. The highest BCUT2D eigenvalue weighted by Gasteiger charge is 2.04. The van der Waals surface area contributed by atoms with E-state index in [2.05, 4.69) is 30.3 Å². The van der Waals surface area contributed by atoms with Crippen LogP contribution in [0.15, 0.2) is 28.9 Å². The maximum absolute atomic E-state index is 5.26. The van der Waals surface area contributed by atoms with E-state index in [-0.39, 0.29) is 0 Å². The van der Waals surface area contributed by atoms with Gasteiger partial charge in [-0.15, -0.1) is 0 Å². The van der Waals surface area contributed by atoms with Crippen molar-refractivity contribution >= 4 is 5.82 Å². The van der Waals surface area contributed by atoms with E-state index in [0.717, 1.165) is 18.1 Å². The van der Waals surface area contributed by atoms with Crippen LogP contribution in [0.25, 0.3) is 0 Å². The summed E-state index contributed by atoms with van der Waals surface area (Å²) in [7, 11) is 0. The van der Waals surface area contributed by atoms with E-state index in [0.29, 0.717) is 6.54 Å². The lowest BCUT2D eigenvalue weighted by Gasteiger charge is -2.02. The Balaban J connectivity index is 1.92. The molecule has 2 aromatic rings. The van der Waals surface area contributed by atoms with Gasteiger partial charge in [0.2, 0.25) is 0 Å². The number of hydrogen-bond acceptors (Lipinski definition) is 3. The zero-order valence-electron chi connectivity index (χ0n) is 10.4. The summed E-state index contributed by atoms with van der Waals surface area (Å²) in [5, 5.41) is 7.77. The van der Waals surface area contributed by atoms with E-state index in [1.54, 1.807) is 6.26 Å². The molecule has 0 saturated heterocycles. The highest BCUT2D eigenvalue weighted by molar-refractivity contribution is 5.35. The number of furan rings is 1. The van der Waals surface area contributed by atoms with Gasteiger partial charge < -0.3 is 9.73 Å². The Bertz CT molecular complexity index is 445. The fourth-order valence-corrected chi connectivity index (χ4v) is 1.72. The van der Waals surface area contributed by atoms with Gasteiger partial charge in [-0.25, -0.2) is 0 Å². The van der Waals surface area contributed by atoms with Crippen molar-refractivity contribution in [2.75, 3.05) is 5.32 Å². The third kappa shape index (κ3) is 3.12. The van der Waals surface area contributed by atoms with Gasteiger partial charge in [0, 0.05) is 18.3 Å². The van der Waals surface area contributed by atoms with Crippen LogP contribution in [0.3, 0.4) is 0 Å². The molecule has 0 atom stereocenters. The van der Waals surface area contributed by atoms with Crippen molar-refractivity contribution < 1.29 is 4.42 Å². The maximum Gasteiger partial charge on any atom is 0.148 e. The molecule has 2 rings (SSSR count). The van der Waals surface area contributed by atoms with Gasteiger partial charge in [-0.3, -0.25) is 4.68 Å². The molecule has 4 nitrogen and oxygen atoms in total. The van der Waals surface area contributed by atoms with Crippen molar-refractivity contribution in [1.82, 2.24) is 9.78 Å². The molecule has 92 valence electrons. The van der Waals surface area contributed by atoms with Crippen LogP contribution >= 0.6 is 0 Å².